The Morgan fingerprint density at radius 1 is 1.32 bits per heavy atom. The molecule has 6 nitrogen and oxygen atoms in total. The first-order chi connectivity index (χ1) is 9.11. The van der Waals surface area contributed by atoms with Gasteiger partial charge in [0.1, 0.15) is 0 Å². The van der Waals surface area contributed by atoms with E-state index in [9.17, 15) is 20.1 Å². The fourth-order valence-electron chi connectivity index (χ4n) is 2.79. The van der Waals surface area contributed by atoms with Gasteiger partial charge in [-0.1, -0.05) is 0 Å². The molecule has 3 atom stereocenters. The van der Waals surface area contributed by atoms with Crippen LogP contribution in [0, 0.1) is 11.8 Å². The SMILES string of the molecule is O=C(O)[C@@H]1Cc2cc3c(cc2[C@H](O)[C@H]1CO)OCO3. The normalized spacial score (nSPS) is 28.0. The first kappa shape index (κ1) is 12.3. The largest absolute Gasteiger partial charge is 0.481 e. The molecule has 0 aromatic heterocycles. The molecule has 1 aromatic carbocycles. The first-order valence-electron chi connectivity index (χ1n) is 6.06. The van der Waals surface area contributed by atoms with Crippen molar-refractivity contribution in [2.45, 2.75) is 12.5 Å². The lowest BCUT2D eigenvalue weighted by molar-refractivity contribution is -0.147. The van der Waals surface area contributed by atoms with Gasteiger partial charge in [0.15, 0.2) is 11.5 Å². The summed E-state index contributed by atoms with van der Waals surface area (Å²) in [4.78, 5) is 11.2. The van der Waals surface area contributed by atoms with Crippen molar-refractivity contribution in [2.24, 2.45) is 11.8 Å². The molecule has 3 rings (SSSR count). The molecule has 1 aliphatic heterocycles. The van der Waals surface area contributed by atoms with Crippen LogP contribution < -0.4 is 9.47 Å². The van der Waals surface area contributed by atoms with Crippen LogP contribution in [-0.2, 0) is 11.2 Å². The van der Waals surface area contributed by atoms with Crippen molar-refractivity contribution in [1.82, 2.24) is 0 Å². The lowest BCUT2D eigenvalue weighted by Crippen LogP contribution is -2.36. The van der Waals surface area contributed by atoms with Crippen molar-refractivity contribution in [3.8, 4) is 11.5 Å². The molecule has 19 heavy (non-hydrogen) atoms. The summed E-state index contributed by atoms with van der Waals surface area (Å²) in [5.74, 6) is -1.40. The fraction of sp³-hybridized carbons (Fsp3) is 0.462. The Morgan fingerprint density at radius 2 is 2.00 bits per heavy atom. The number of carboxylic acid groups (broad SMARTS) is 1. The average molecular weight is 266 g/mol. The fourth-order valence-corrected chi connectivity index (χ4v) is 2.79. The quantitative estimate of drug-likeness (QED) is 0.713. The van der Waals surface area contributed by atoms with E-state index in [1.165, 1.54) is 0 Å². The van der Waals surface area contributed by atoms with Crippen LogP contribution in [0.5, 0.6) is 11.5 Å². The number of aliphatic carboxylic acids is 1. The number of aliphatic hydroxyl groups is 2. The van der Waals surface area contributed by atoms with Crippen LogP contribution in [0.15, 0.2) is 12.1 Å². The van der Waals surface area contributed by atoms with Crippen molar-refractivity contribution < 1.29 is 29.6 Å². The summed E-state index contributed by atoms with van der Waals surface area (Å²) >= 11 is 0. The zero-order valence-corrected chi connectivity index (χ0v) is 10.1. The molecule has 0 bridgehead atoms. The second-order valence-electron chi connectivity index (χ2n) is 4.84. The summed E-state index contributed by atoms with van der Waals surface area (Å²) in [6, 6.07) is 3.38. The van der Waals surface area contributed by atoms with E-state index < -0.39 is 23.9 Å². The number of carboxylic acids is 1. The molecule has 102 valence electrons. The van der Waals surface area contributed by atoms with Crippen LogP contribution in [0.4, 0.5) is 0 Å². The summed E-state index contributed by atoms with van der Waals surface area (Å²) in [6.07, 6.45) is -0.742. The van der Waals surface area contributed by atoms with E-state index in [2.05, 4.69) is 0 Å². The summed E-state index contributed by atoms with van der Waals surface area (Å²) in [7, 11) is 0. The predicted octanol–water partition coefficient (Wildman–Crippen LogP) is 0.314. The minimum Gasteiger partial charge on any atom is -0.481 e. The maximum Gasteiger partial charge on any atom is 0.307 e. The van der Waals surface area contributed by atoms with Crippen LogP contribution in [0.3, 0.4) is 0 Å². The summed E-state index contributed by atoms with van der Waals surface area (Å²) in [5.41, 5.74) is 1.34. The highest BCUT2D eigenvalue weighted by Gasteiger charge is 2.40. The third-order valence-corrected chi connectivity index (χ3v) is 3.84. The Morgan fingerprint density at radius 3 is 2.63 bits per heavy atom. The minimum atomic E-state index is -1.01. The number of rotatable bonds is 2. The first-order valence-corrected chi connectivity index (χ1v) is 6.06. The molecule has 0 saturated heterocycles. The van der Waals surface area contributed by atoms with Crippen molar-refractivity contribution in [1.29, 1.82) is 0 Å². The molecule has 0 amide bonds. The van der Waals surface area contributed by atoms with Gasteiger partial charge in [0.05, 0.1) is 12.0 Å². The Bertz CT molecular complexity index is 526. The van der Waals surface area contributed by atoms with Gasteiger partial charge in [0.25, 0.3) is 0 Å². The molecule has 1 aromatic rings. The Balaban J connectivity index is 2.05. The molecule has 0 spiro atoms. The molecular weight excluding hydrogens is 252 g/mol. The third kappa shape index (κ3) is 1.84. The average Bonchev–Trinajstić information content (AvgIpc) is 2.83. The Labute approximate surface area is 109 Å². The van der Waals surface area contributed by atoms with Crippen molar-refractivity contribution in [3.05, 3.63) is 23.3 Å². The van der Waals surface area contributed by atoms with Gasteiger partial charge in [-0.15, -0.1) is 0 Å². The van der Waals surface area contributed by atoms with Gasteiger partial charge in [-0.25, -0.2) is 0 Å². The van der Waals surface area contributed by atoms with Gasteiger partial charge in [-0.05, 0) is 29.7 Å². The molecule has 0 unspecified atom stereocenters. The molecule has 2 aliphatic rings. The van der Waals surface area contributed by atoms with Crippen LogP contribution in [-0.4, -0.2) is 34.7 Å². The molecule has 6 heteroatoms. The number of hydrogen-bond donors (Lipinski definition) is 3. The number of hydrogen-bond acceptors (Lipinski definition) is 5. The lowest BCUT2D eigenvalue weighted by atomic mass is 9.74. The number of fused-ring (bicyclic) bond motifs is 2. The second-order valence-corrected chi connectivity index (χ2v) is 4.84. The van der Waals surface area contributed by atoms with Crippen LogP contribution >= 0.6 is 0 Å². The van der Waals surface area contributed by atoms with E-state index >= 15 is 0 Å². The number of carbonyl (C=O) groups is 1. The van der Waals surface area contributed by atoms with E-state index in [-0.39, 0.29) is 19.8 Å². The Kier molecular flexibility index (Phi) is 2.83. The standard InChI is InChI=1S/C13H14O6/c14-4-9-8(13(16)17)1-6-2-10-11(19-5-18-10)3-7(6)12(9)15/h2-3,8-9,12,14-15H,1,4-5H2,(H,16,17)/t8-,9+,12+/m1/s1. The van der Waals surface area contributed by atoms with Crippen molar-refractivity contribution >= 4 is 5.97 Å². The van der Waals surface area contributed by atoms with Crippen LogP contribution in [0.1, 0.15) is 17.2 Å². The molecule has 0 radical (unpaired) electrons. The highest BCUT2D eigenvalue weighted by Crippen LogP contribution is 2.44. The maximum absolute atomic E-state index is 11.2. The minimum absolute atomic E-state index is 0.125. The number of aliphatic hydroxyl groups excluding tert-OH is 2. The Hall–Kier alpha value is -1.79. The van der Waals surface area contributed by atoms with Crippen molar-refractivity contribution in [3.63, 3.8) is 0 Å². The molecule has 3 N–H and O–H groups in total. The molecule has 1 heterocycles. The second kappa shape index (κ2) is 4.40. The predicted molar refractivity (Wildman–Crippen MR) is 62.9 cm³/mol. The number of ether oxygens (including phenoxy) is 2. The molecular formula is C13H14O6. The van der Waals surface area contributed by atoms with Gasteiger partial charge >= 0.3 is 5.97 Å². The monoisotopic (exact) mass is 266 g/mol. The lowest BCUT2D eigenvalue weighted by Gasteiger charge is -2.33. The maximum atomic E-state index is 11.2. The van der Waals surface area contributed by atoms with E-state index in [1.807, 2.05) is 0 Å². The molecule has 1 aliphatic carbocycles. The summed E-state index contributed by atoms with van der Waals surface area (Å²) < 4.78 is 10.5. The van der Waals surface area contributed by atoms with Crippen LogP contribution in [0.25, 0.3) is 0 Å². The number of benzene rings is 1. The van der Waals surface area contributed by atoms with Gasteiger partial charge in [0.2, 0.25) is 6.79 Å². The van der Waals surface area contributed by atoms with Gasteiger partial charge < -0.3 is 24.8 Å². The van der Waals surface area contributed by atoms with Gasteiger partial charge in [0, 0.05) is 12.5 Å². The molecule has 0 saturated carbocycles. The summed E-state index contributed by atoms with van der Waals surface area (Å²) in [5, 5.41) is 28.8. The zero-order valence-electron chi connectivity index (χ0n) is 10.1. The van der Waals surface area contributed by atoms with E-state index in [1.54, 1.807) is 12.1 Å². The third-order valence-electron chi connectivity index (χ3n) is 3.84. The zero-order chi connectivity index (χ0) is 13.6. The van der Waals surface area contributed by atoms with E-state index in [4.69, 9.17) is 9.47 Å². The van der Waals surface area contributed by atoms with Crippen molar-refractivity contribution in [2.75, 3.05) is 13.4 Å². The van der Waals surface area contributed by atoms with E-state index in [0.717, 1.165) is 5.56 Å². The van der Waals surface area contributed by atoms with Gasteiger partial charge in [-0.3, -0.25) is 4.79 Å². The highest BCUT2D eigenvalue weighted by molar-refractivity contribution is 5.72. The van der Waals surface area contributed by atoms with Crippen LogP contribution in [0.2, 0.25) is 0 Å². The molecule has 0 fully saturated rings. The smallest absolute Gasteiger partial charge is 0.307 e. The van der Waals surface area contributed by atoms with Gasteiger partial charge in [-0.2, -0.15) is 0 Å². The van der Waals surface area contributed by atoms with E-state index in [0.29, 0.717) is 17.1 Å². The summed E-state index contributed by atoms with van der Waals surface area (Å²) in [6.45, 7) is -0.244. The topological polar surface area (TPSA) is 96.2 Å². The highest BCUT2D eigenvalue weighted by atomic mass is 16.7.